The minimum atomic E-state index is 0.0760. The fraction of sp³-hybridized carbons (Fsp3) is 0.375. The summed E-state index contributed by atoms with van der Waals surface area (Å²) in [5, 5.41) is 3.51. The zero-order valence-corrected chi connectivity index (χ0v) is 11.6. The zero-order valence-electron chi connectivity index (χ0n) is 11.6. The summed E-state index contributed by atoms with van der Waals surface area (Å²) < 4.78 is 0. The molecular formula is C16H21N3. The molecule has 2 rings (SSSR count). The van der Waals surface area contributed by atoms with Gasteiger partial charge in [0.05, 0.1) is 6.04 Å². The second-order valence-corrected chi connectivity index (χ2v) is 4.59. The lowest BCUT2D eigenvalue weighted by Gasteiger charge is -2.17. The number of benzene rings is 1. The molecule has 0 spiro atoms. The second kappa shape index (κ2) is 7.00. The molecule has 0 fully saturated rings. The van der Waals surface area contributed by atoms with Crippen LogP contribution in [0.15, 0.2) is 42.7 Å². The molecule has 0 aliphatic heterocycles. The van der Waals surface area contributed by atoms with Gasteiger partial charge in [-0.05, 0) is 36.6 Å². The number of nitrogens with zero attached hydrogens (tertiary/aromatic N) is 2. The van der Waals surface area contributed by atoms with E-state index in [0.717, 1.165) is 25.2 Å². The summed E-state index contributed by atoms with van der Waals surface area (Å²) in [4.78, 5) is 8.75. The first kappa shape index (κ1) is 13.7. The van der Waals surface area contributed by atoms with Gasteiger partial charge in [0, 0.05) is 12.4 Å². The van der Waals surface area contributed by atoms with Crippen LogP contribution in [-0.2, 0) is 6.42 Å². The SMILES string of the molecule is CCCNC(c1ccc(CC)cc1)c1ncccn1. The Morgan fingerprint density at radius 2 is 1.74 bits per heavy atom. The van der Waals surface area contributed by atoms with Crippen molar-refractivity contribution in [1.29, 1.82) is 0 Å². The average Bonchev–Trinajstić information content (AvgIpc) is 2.49. The lowest BCUT2D eigenvalue weighted by molar-refractivity contribution is 0.571. The molecule has 0 saturated heterocycles. The number of hydrogen-bond acceptors (Lipinski definition) is 3. The first-order valence-corrected chi connectivity index (χ1v) is 6.94. The third-order valence-electron chi connectivity index (χ3n) is 3.16. The van der Waals surface area contributed by atoms with Gasteiger partial charge in [-0.25, -0.2) is 9.97 Å². The van der Waals surface area contributed by atoms with Crippen LogP contribution in [0.3, 0.4) is 0 Å². The maximum atomic E-state index is 4.38. The van der Waals surface area contributed by atoms with E-state index >= 15 is 0 Å². The van der Waals surface area contributed by atoms with Gasteiger partial charge >= 0.3 is 0 Å². The molecule has 0 radical (unpaired) electrons. The summed E-state index contributed by atoms with van der Waals surface area (Å²) in [6, 6.07) is 10.6. The Morgan fingerprint density at radius 3 is 2.32 bits per heavy atom. The number of rotatable bonds is 6. The lowest BCUT2D eigenvalue weighted by Crippen LogP contribution is -2.25. The molecule has 1 heterocycles. The van der Waals surface area contributed by atoms with Crippen LogP contribution in [0.5, 0.6) is 0 Å². The summed E-state index contributed by atoms with van der Waals surface area (Å²) in [6.07, 6.45) is 5.75. The van der Waals surface area contributed by atoms with E-state index in [4.69, 9.17) is 0 Å². The topological polar surface area (TPSA) is 37.8 Å². The van der Waals surface area contributed by atoms with Gasteiger partial charge in [0.25, 0.3) is 0 Å². The predicted molar refractivity (Wildman–Crippen MR) is 78.0 cm³/mol. The van der Waals surface area contributed by atoms with Gasteiger partial charge < -0.3 is 5.32 Å². The number of nitrogens with one attached hydrogen (secondary N) is 1. The van der Waals surface area contributed by atoms with E-state index in [1.165, 1.54) is 11.1 Å². The summed E-state index contributed by atoms with van der Waals surface area (Å²) in [6.45, 7) is 5.29. The van der Waals surface area contributed by atoms with Gasteiger partial charge in [-0.15, -0.1) is 0 Å². The average molecular weight is 255 g/mol. The normalized spacial score (nSPS) is 12.3. The molecule has 0 bridgehead atoms. The Morgan fingerprint density at radius 1 is 1.05 bits per heavy atom. The van der Waals surface area contributed by atoms with Crippen LogP contribution in [0.4, 0.5) is 0 Å². The van der Waals surface area contributed by atoms with E-state index in [1.807, 2.05) is 6.07 Å². The van der Waals surface area contributed by atoms with E-state index < -0.39 is 0 Å². The van der Waals surface area contributed by atoms with Crippen LogP contribution < -0.4 is 5.32 Å². The first-order valence-electron chi connectivity index (χ1n) is 6.94. The maximum Gasteiger partial charge on any atom is 0.149 e. The van der Waals surface area contributed by atoms with Crippen LogP contribution in [-0.4, -0.2) is 16.5 Å². The van der Waals surface area contributed by atoms with E-state index in [0.29, 0.717) is 0 Å². The van der Waals surface area contributed by atoms with Gasteiger partial charge in [-0.3, -0.25) is 0 Å². The van der Waals surface area contributed by atoms with Crippen molar-refractivity contribution >= 4 is 0 Å². The molecule has 3 nitrogen and oxygen atoms in total. The maximum absolute atomic E-state index is 4.38. The molecule has 1 unspecified atom stereocenters. The predicted octanol–water partition coefficient (Wildman–Crippen LogP) is 3.13. The van der Waals surface area contributed by atoms with Gasteiger partial charge in [-0.1, -0.05) is 38.1 Å². The molecule has 1 aromatic carbocycles. The summed E-state index contributed by atoms with van der Waals surface area (Å²) in [5.41, 5.74) is 2.57. The highest BCUT2D eigenvalue weighted by Gasteiger charge is 2.15. The standard InChI is InChI=1S/C16H21N3/c1-3-10-17-15(16-18-11-5-12-19-16)14-8-6-13(4-2)7-9-14/h5-9,11-12,15,17H,3-4,10H2,1-2H3. The summed E-state index contributed by atoms with van der Waals surface area (Å²) in [5.74, 6) is 0.834. The van der Waals surface area contributed by atoms with Gasteiger partial charge in [0.15, 0.2) is 0 Å². The number of hydrogen-bond donors (Lipinski definition) is 1. The van der Waals surface area contributed by atoms with Crippen molar-refractivity contribution in [2.45, 2.75) is 32.7 Å². The Balaban J connectivity index is 2.26. The Labute approximate surface area is 115 Å². The van der Waals surface area contributed by atoms with Crippen molar-refractivity contribution in [2.24, 2.45) is 0 Å². The smallest absolute Gasteiger partial charge is 0.149 e. The third-order valence-corrected chi connectivity index (χ3v) is 3.16. The van der Waals surface area contributed by atoms with Crippen molar-refractivity contribution in [3.63, 3.8) is 0 Å². The number of aryl methyl sites for hydroxylation is 1. The quantitative estimate of drug-likeness (QED) is 0.861. The molecule has 1 aromatic heterocycles. The monoisotopic (exact) mass is 255 g/mol. The molecule has 0 aliphatic rings. The first-order chi connectivity index (χ1) is 9.35. The van der Waals surface area contributed by atoms with Crippen molar-refractivity contribution in [3.05, 3.63) is 59.7 Å². The van der Waals surface area contributed by atoms with E-state index in [9.17, 15) is 0 Å². The van der Waals surface area contributed by atoms with Gasteiger partial charge in [0.2, 0.25) is 0 Å². The van der Waals surface area contributed by atoms with Crippen LogP contribution in [0.2, 0.25) is 0 Å². The van der Waals surface area contributed by atoms with Gasteiger partial charge in [-0.2, -0.15) is 0 Å². The van der Waals surface area contributed by atoms with Crippen molar-refractivity contribution in [3.8, 4) is 0 Å². The fourth-order valence-corrected chi connectivity index (χ4v) is 2.05. The number of aromatic nitrogens is 2. The highest BCUT2D eigenvalue weighted by atomic mass is 15.0. The Kier molecular flexibility index (Phi) is 5.04. The molecular weight excluding hydrogens is 234 g/mol. The second-order valence-electron chi connectivity index (χ2n) is 4.59. The van der Waals surface area contributed by atoms with E-state index in [2.05, 4.69) is 53.4 Å². The third kappa shape index (κ3) is 3.61. The highest BCUT2D eigenvalue weighted by Crippen LogP contribution is 2.19. The minimum Gasteiger partial charge on any atom is -0.304 e. The van der Waals surface area contributed by atoms with Crippen LogP contribution in [0, 0.1) is 0 Å². The lowest BCUT2D eigenvalue weighted by atomic mass is 10.0. The molecule has 0 aliphatic carbocycles. The van der Waals surface area contributed by atoms with Crippen LogP contribution in [0.25, 0.3) is 0 Å². The minimum absolute atomic E-state index is 0.0760. The molecule has 0 saturated carbocycles. The van der Waals surface area contributed by atoms with E-state index in [-0.39, 0.29) is 6.04 Å². The molecule has 19 heavy (non-hydrogen) atoms. The van der Waals surface area contributed by atoms with Crippen molar-refractivity contribution < 1.29 is 0 Å². The highest BCUT2D eigenvalue weighted by molar-refractivity contribution is 5.28. The van der Waals surface area contributed by atoms with E-state index in [1.54, 1.807) is 12.4 Å². The largest absolute Gasteiger partial charge is 0.304 e. The zero-order chi connectivity index (χ0) is 13.5. The van der Waals surface area contributed by atoms with Crippen LogP contribution in [0.1, 0.15) is 43.3 Å². The summed E-state index contributed by atoms with van der Waals surface area (Å²) >= 11 is 0. The van der Waals surface area contributed by atoms with Crippen LogP contribution >= 0.6 is 0 Å². The Hall–Kier alpha value is -1.74. The molecule has 1 atom stereocenters. The van der Waals surface area contributed by atoms with Crippen molar-refractivity contribution in [1.82, 2.24) is 15.3 Å². The molecule has 100 valence electrons. The molecule has 2 aromatic rings. The summed E-state index contributed by atoms with van der Waals surface area (Å²) in [7, 11) is 0. The molecule has 1 N–H and O–H groups in total. The van der Waals surface area contributed by atoms with Crippen molar-refractivity contribution in [2.75, 3.05) is 6.54 Å². The molecule has 0 amide bonds. The van der Waals surface area contributed by atoms with Gasteiger partial charge in [0.1, 0.15) is 5.82 Å². The molecule has 3 heteroatoms. The fourth-order valence-electron chi connectivity index (χ4n) is 2.05. The Bertz CT molecular complexity index is 479.